The fraction of sp³-hybridized carbons (Fsp3) is 0.545. The number of rotatable bonds is 2. The van der Waals surface area contributed by atoms with E-state index in [4.69, 9.17) is 16.3 Å². The molecule has 0 spiro atoms. The van der Waals surface area contributed by atoms with Crippen LogP contribution in [-0.4, -0.2) is 30.7 Å². The Morgan fingerprint density at radius 1 is 1.53 bits per heavy atom. The first-order valence-corrected chi connectivity index (χ1v) is 5.65. The molecule has 0 aromatic heterocycles. The molecule has 0 amide bonds. The molecule has 0 radical (unpaired) electrons. The van der Waals surface area contributed by atoms with E-state index in [0.717, 1.165) is 0 Å². The number of carbonyl (C=O) groups is 1. The van der Waals surface area contributed by atoms with Crippen LogP contribution < -0.4 is 10.7 Å². The van der Waals surface area contributed by atoms with E-state index in [1.807, 2.05) is 20.8 Å². The molecule has 5 nitrogen and oxygen atoms in total. The lowest BCUT2D eigenvalue weighted by molar-refractivity contribution is -0.149. The maximum absolute atomic E-state index is 12.0. The number of ether oxygens (including phenoxy) is 1. The normalized spacial score (nSPS) is 16.4. The van der Waals surface area contributed by atoms with Crippen molar-refractivity contribution in [3.8, 4) is 0 Å². The van der Waals surface area contributed by atoms with Gasteiger partial charge in [-0.05, 0) is 26.8 Å². The van der Waals surface area contributed by atoms with Gasteiger partial charge in [0.1, 0.15) is 22.2 Å². The molecule has 0 unspecified atom stereocenters. The number of hydrazine groups is 1. The van der Waals surface area contributed by atoms with Crippen LogP contribution in [0.1, 0.15) is 20.8 Å². The van der Waals surface area contributed by atoms with Gasteiger partial charge in [0, 0.05) is 14.1 Å². The highest BCUT2D eigenvalue weighted by atomic mass is 35.5. The molecule has 0 saturated heterocycles. The second-order valence-electron chi connectivity index (χ2n) is 4.68. The summed E-state index contributed by atoms with van der Waals surface area (Å²) in [6.07, 6.45) is 1.54. The summed E-state index contributed by atoms with van der Waals surface area (Å²) in [6.45, 7) is 5.46. The second-order valence-corrected chi connectivity index (χ2v) is 5.08. The molecule has 0 fully saturated rings. The molecule has 0 saturated carbocycles. The summed E-state index contributed by atoms with van der Waals surface area (Å²) >= 11 is 5.88. The monoisotopic (exact) mass is 259 g/mol. The summed E-state index contributed by atoms with van der Waals surface area (Å²) in [5.74, 6) is 0.206. The Morgan fingerprint density at radius 2 is 2.12 bits per heavy atom. The van der Waals surface area contributed by atoms with Crippen LogP contribution in [0.3, 0.4) is 0 Å². The van der Waals surface area contributed by atoms with Crippen LogP contribution in [0.4, 0.5) is 0 Å². The van der Waals surface area contributed by atoms with Crippen molar-refractivity contribution in [2.75, 3.05) is 14.1 Å². The van der Waals surface area contributed by atoms with Crippen LogP contribution in [0, 0.1) is 0 Å². The fourth-order valence-electron chi connectivity index (χ4n) is 1.42. The third-order valence-electron chi connectivity index (χ3n) is 1.99. The number of nitrogens with one attached hydrogen (secondary N) is 2. The fourth-order valence-corrected chi connectivity index (χ4v) is 1.65. The van der Waals surface area contributed by atoms with Crippen LogP contribution >= 0.6 is 11.6 Å². The number of halogens is 1. The molecule has 0 bridgehead atoms. The molecule has 0 atom stereocenters. The van der Waals surface area contributed by atoms with Crippen molar-refractivity contribution in [2.24, 2.45) is 0 Å². The standard InChI is InChI=1S/C11H18ClN3O2/c1-11(2,3)17-10(16)7-6-8(12)14-15(5)9(7)13-4/h6,13-14H,1-5H3. The zero-order chi connectivity index (χ0) is 13.2. The van der Waals surface area contributed by atoms with Crippen molar-refractivity contribution in [3.63, 3.8) is 0 Å². The lowest BCUT2D eigenvalue weighted by atomic mass is 10.1. The van der Waals surface area contributed by atoms with Gasteiger partial charge in [-0.25, -0.2) is 4.79 Å². The second kappa shape index (κ2) is 4.87. The van der Waals surface area contributed by atoms with Gasteiger partial charge in [0.2, 0.25) is 0 Å². The highest BCUT2D eigenvalue weighted by Crippen LogP contribution is 2.20. The molecule has 1 aliphatic rings. The molecule has 0 aromatic rings. The van der Waals surface area contributed by atoms with Gasteiger partial charge in [-0.2, -0.15) is 0 Å². The smallest absolute Gasteiger partial charge is 0.342 e. The number of hydrogen-bond donors (Lipinski definition) is 2. The molecular formula is C11H18ClN3O2. The van der Waals surface area contributed by atoms with Gasteiger partial charge in [-0.1, -0.05) is 11.6 Å². The lowest BCUT2D eigenvalue weighted by Crippen LogP contribution is -2.41. The largest absolute Gasteiger partial charge is 0.456 e. The van der Waals surface area contributed by atoms with E-state index < -0.39 is 11.6 Å². The topological polar surface area (TPSA) is 53.6 Å². The van der Waals surface area contributed by atoms with Crippen molar-refractivity contribution < 1.29 is 9.53 Å². The molecule has 96 valence electrons. The maximum Gasteiger partial charge on any atom is 0.342 e. The minimum absolute atomic E-state index is 0.368. The Bertz CT molecular complexity index is 383. The van der Waals surface area contributed by atoms with E-state index in [-0.39, 0.29) is 0 Å². The Kier molecular flexibility index (Phi) is 3.93. The molecule has 6 heteroatoms. The molecule has 1 heterocycles. The Hall–Kier alpha value is -1.36. The summed E-state index contributed by atoms with van der Waals surface area (Å²) in [6, 6.07) is 0. The summed E-state index contributed by atoms with van der Waals surface area (Å²) in [7, 11) is 3.48. The zero-order valence-electron chi connectivity index (χ0n) is 10.7. The highest BCUT2D eigenvalue weighted by Gasteiger charge is 2.25. The van der Waals surface area contributed by atoms with Gasteiger partial charge < -0.3 is 10.1 Å². The van der Waals surface area contributed by atoms with E-state index in [1.165, 1.54) is 0 Å². The molecular weight excluding hydrogens is 242 g/mol. The number of nitrogens with zero attached hydrogens (tertiary/aromatic N) is 1. The van der Waals surface area contributed by atoms with Crippen molar-refractivity contribution in [1.29, 1.82) is 0 Å². The minimum Gasteiger partial charge on any atom is -0.456 e. The first kappa shape index (κ1) is 13.7. The Morgan fingerprint density at radius 3 is 2.59 bits per heavy atom. The van der Waals surface area contributed by atoms with Crippen molar-refractivity contribution in [2.45, 2.75) is 26.4 Å². The summed E-state index contributed by atoms with van der Waals surface area (Å²) in [4.78, 5) is 12.0. The molecule has 2 N–H and O–H groups in total. The average molecular weight is 260 g/mol. The summed E-state index contributed by atoms with van der Waals surface area (Å²) in [5, 5.41) is 4.92. The minimum atomic E-state index is -0.535. The van der Waals surface area contributed by atoms with Crippen LogP contribution in [0.5, 0.6) is 0 Å². The predicted molar refractivity (Wildman–Crippen MR) is 66.8 cm³/mol. The molecule has 0 aliphatic carbocycles. The third kappa shape index (κ3) is 3.56. The molecule has 17 heavy (non-hydrogen) atoms. The van der Waals surface area contributed by atoms with Gasteiger partial charge in [-0.15, -0.1) is 0 Å². The summed E-state index contributed by atoms with van der Waals surface area (Å²) in [5.41, 5.74) is 2.72. The van der Waals surface area contributed by atoms with E-state index in [1.54, 1.807) is 25.2 Å². The first-order valence-electron chi connectivity index (χ1n) is 5.27. The maximum atomic E-state index is 12.0. The quantitative estimate of drug-likeness (QED) is 0.578. The van der Waals surface area contributed by atoms with Crippen LogP contribution in [0.2, 0.25) is 0 Å². The van der Waals surface area contributed by atoms with E-state index in [9.17, 15) is 4.79 Å². The van der Waals surface area contributed by atoms with Gasteiger partial charge in [-0.3, -0.25) is 10.4 Å². The highest BCUT2D eigenvalue weighted by molar-refractivity contribution is 6.29. The van der Waals surface area contributed by atoms with Gasteiger partial charge >= 0.3 is 5.97 Å². The van der Waals surface area contributed by atoms with E-state index in [2.05, 4.69) is 10.7 Å². The van der Waals surface area contributed by atoms with Crippen LogP contribution in [-0.2, 0) is 9.53 Å². The van der Waals surface area contributed by atoms with Crippen molar-refractivity contribution >= 4 is 17.6 Å². The Balaban J connectivity index is 3.03. The predicted octanol–water partition coefficient (Wildman–Crippen LogP) is 1.29. The average Bonchev–Trinajstić information content (AvgIpc) is 2.13. The first-order chi connectivity index (χ1) is 7.74. The third-order valence-corrected chi connectivity index (χ3v) is 2.19. The molecule has 1 aliphatic heterocycles. The number of esters is 1. The van der Waals surface area contributed by atoms with Gasteiger partial charge in [0.25, 0.3) is 0 Å². The SMILES string of the molecule is CNC1=C(C(=O)OC(C)(C)C)C=C(Cl)NN1C. The summed E-state index contributed by atoms with van der Waals surface area (Å²) < 4.78 is 5.31. The number of hydrogen-bond acceptors (Lipinski definition) is 5. The van der Waals surface area contributed by atoms with Crippen molar-refractivity contribution in [1.82, 2.24) is 15.8 Å². The van der Waals surface area contributed by atoms with Gasteiger partial charge in [0.15, 0.2) is 0 Å². The van der Waals surface area contributed by atoms with E-state index in [0.29, 0.717) is 16.6 Å². The lowest BCUT2D eigenvalue weighted by Gasteiger charge is -2.30. The zero-order valence-corrected chi connectivity index (χ0v) is 11.5. The van der Waals surface area contributed by atoms with E-state index >= 15 is 0 Å². The molecule has 0 aromatic carbocycles. The number of carbonyl (C=O) groups excluding carboxylic acids is 1. The van der Waals surface area contributed by atoms with Crippen molar-refractivity contribution in [3.05, 3.63) is 22.6 Å². The van der Waals surface area contributed by atoms with Gasteiger partial charge in [0.05, 0.1) is 0 Å². The van der Waals surface area contributed by atoms with Crippen LogP contribution in [0.15, 0.2) is 22.6 Å². The van der Waals surface area contributed by atoms with Crippen LogP contribution in [0.25, 0.3) is 0 Å². The Labute approximate surface area is 106 Å². The molecule has 1 rings (SSSR count).